The molecule has 2 aromatic heterocycles. The van der Waals surface area contributed by atoms with E-state index in [1.54, 1.807) is 0 Å². The number of nitrogens with one attached hydrogen (secondary N) is 1. The minimum atomic E-state index is -4.55. The Balaban J connectivity index is 1.98. The number of halogens is 3. The van der Waals surface area contributed by atoms with Crippen molar-refractivity contribution in [3.8, 4) is 5.69 Å². The second kappa shape index (κ2) is 5.84. The molecule has 0 aliphatic heterocycles. The van der Waals surface area contributed by atoms with Crippen LogP contribution in [0.15, 0.2) is 33.9 Å². The lowest BCUT2D eigenvalue weighted by atomic mass is 9.89. The SMILES string of the molecule is C[C@@H]1CCc2c(sc3[nH]c(=O)n(-c4cccc(C(F)(F)F)c4)c(=O)c23)C1. The van der Waals surface area contributed by atoms with Crippen LogP contribution >= 0.6 is 11.3 Å². The molecule has 0 amide bonds. The number of H-pyrrole nitrogens is 1. The van der Waals surface area contributed by atoms with E-state index in [0.29, 0.717) is 16.1 Å². The highest BCUT2D eigenvalue weighted by atomic mass is 32.1. The molecule has 1 atom stereocenters. The lowest BCUT2D eigenvalue weighted by Gasteiger charge is -2.17. The lowest BCUT2D eigenvalue weighted by molar-refractivity contribution is -0.137. The maximum atomic E-state index is 13.0. The second-order valence-electron chi connectivity index (χ2n) is 6.67. The minimum absolute atomic E-state index is 0.0860. The number of aromatic nitrogens is 2. The van der Waals surface area contributed by atoms with E-state index in [9.17, 15) is 22.8 Å². The van der Waals surface area contributed by atoms with E-state index in [-0.39, 0.29) is 5.69 Å². The summed E-state index contributed by atoms with van der Waals surface area (Å²) in [5.41, 5.74) is -1.35. The van der Waals surface area contributed by atoms with Gasteiger partial charge in [-0.25, -0.2) is 9.36 Å². The maximum absolute atomic E-state index is 13.0. The molecular weight excluding hydrogens is 365 g/mol. The first-order valence-corrected chi connectivity index (χ1v) is 9.04. The molecule has 1 aromatic carbocycles. The van der Waals surface area contributed by atoms with Crippen molar-refractivity contribution >= 4 is 21.6 Å². The van der Waals surface area contributed by atoms with Gasteiger partial charge in [0, 0.05) is 4.88 Å². The molecule has 0 bridgehead atoms. The summed E-state index contributed by atoms with van der Waals surface area (Å²) in [7, 11) is 0. The third kappa shape index (κ3) is 2.68. The molecular formula is C18H15F3N2O2S. The van der Waals surface area contributed by atoms with Crippen LogP contribution in [-0.4, -0.2) is 9.55 Å². The number of hydrogen-bond donors (Lipinski definition) is 1. The average Bonchev–Trinajstić information content (AvgIpc) is 2.91. The average molecular weight is 380 g/mol. The summed E-state index contributed by atoms with van der Waals surface area (Å²) in [6, 6.07) is 4.26. The van der Waals surface area contributed by atoms with Crippen LogP contribution in [0.2, 0.25) is 0 Å². The molecule has 0 spiro atoms. The molecule has 3 aromatic rings. The lowest BCUT2D eigenvalue weighted by Crippen LogP contribution is -2.33. The van der Waals surface area contributed by atoms with E-state index < -0.39 is 23.0 Å². The van der Waals surface area contributed by atoms with Crippen LogP contribution in [0.3, 0.4) is 0 Å². The van der Waals surface area contributed by atoms with Gasteiger partial charge in [-0.3, -0.25) is 9.78 Å². The predicted octanol–water partition coefficient (Wildman–Crippen LogP) is 3.88. The van der Waals surface area contributed by atoms with Crippen molar-refractivity contribution in [2.75, 3.05) is 0 Å². The van der Waals surface area contributed by atoms with E-state index in [1.807, 2.05) is 0 Å². The summed E-state index contributed by atoms with van der Waals surface area (Å²) in [6.45, 7) is 2.14. The summed E-state index contributed by atoms with van der Waals surface area (Å²) in [5.74, 6) is 0.507. The van der Waals surface area contributed by atoms with Crippen molar-refractivity contribution in [2.24, 2.45) is 5.92 Å². The number of thiophene rings is 1. The van der Waals surface area contributed by atoms with E-state index in [2.05, 4.69) is 11.9 Å². The first-order chi connectivity index (χ1) is 12.3. The first-order valence-electron chi connectivity index (χ1n) is 8.23. The van der Waals surface area contributed by atoms with Crippen LogP contribution in [0.4, 0.5) is 13.2 Å². The maximum Gasteiger partial charge on any atom is 0.416 e. The fourth-order valence-corrected chi connectivity index (χ4v) is 4.87. The highest BCUT2D eigenvalue weighted by Crippen LogP contribution is 2.35. The zero-order valence-electron chi connectivity index (χ0n) is 13.8. The molecule has 4 nitrogen and oxygen atoms in total. The highest BCUT2D eigenvalue weighted by Gasteiger charge is 2.31. The van der Waals surface area contributed by atoms with Gasteiger partial charge in [0.2, 0.25) is 0 Å². The molecule has 0 saturated carbocycles. The summed E-state index contributed by atoms with van der Waals surface area (Å²) < 4.78 is 39.7. The standard InChI is InChI=1S/C18H15F3N2O2S/c1-9-5-6-12-13(7-9)26-15-14(12)16(24)23(17(25)22-15)11-4-2-3-10(8-11)18(19,20)21/h2-4,8-9H,5-7H2,1H3,(H,22,25)/t9-/m1/s1. The summed E-state index contributed by atoms with van der Waals surface area (Å²) in [6.07, 6.45) is -2.02. The molecule has 1 N–H and O–H groups in total. The van der Waals surface area contributed by atoms with Crippen LogP contribution in [0, 0.1) is 5.92 Å². The molecule has 8 heteroatoms. The Morgan fingerprint density at radius 1 is 1.27 bits per heavy atom. The summed E-state index contributed by atoms with van der Waals surface area (Å²) in [5, 5.41) is 0.425. The Morgan fingerprint density at radius 2 is 2.04 bits per heavy atom. The van der Waals surface area contributed by atoms with E-state index in [1.165, 1.54) is 23.5 Å². The number of aromatic amines is 1. The van der Waals surface area contributed by atoms with Crippen molar-refractivity contribution in [3.63, 3.8) is 0 Å². The minimum Gasteiger partial charge on any atom is -0.298 e. The van der Waals surface area contributed by atoms with E-state index in [0.717, 1.165) is 46.4 Å². The third-order valence-electron chi connectivity index (χ3n) is 4.78. The number of fused-ring (bicyclic) bond motifs is 3. The Kier molecular flexibility index (Phi) is 3.83. The smallest absolute Gasteiger partial charge is 0.298 e. The van der Waals surface area contributed by atoms with E-state index in [4.69, 9.17) is 0 Å². The van der Waals surface area contributed by atoms with Crippen molar-refractivity contribution in [1.82, 2.24) is 9.55 Å². The van der Waals surface area contributed by atoms with Crippen molar-refractivity contribution in [3.05, 3.63) is 61.1 Å². The molecule has 4 rings (SSSR count). The van der Waals surface area contributed by atoms with Crippen LogP contribution in [0.1, 0.15) is 29.3 Å². The Morgan fingerprint density at radius 3 is 2.77 bits per heavy atom. The molecule has 1 aliphatic carbocycles. The first kappa shape index (κ1) is 17.1. The molecule has 0 radical (unpaired) electrons. The topological polar surface area (TPSA) is 54.9 Å². The zero-order chi connectivity index (χ0) is 18.6. The van der Waals surface area contributed by atoms with Crippen LogP contribution < -0.4 is 11.2 Å². The zero-order valence-corrected chi connectivity index (χ0v) is 14.6. The molecule has 26 heavy (non-hydrogen) atoms. The van der Waals surface area contributed by atoms with Gasteiger partial charge in [0.1, 0.15) is 4.83 Å². The van der Waals surface area contributed by atoms with Gasteiger partial charge in [-0.2, -0.15) is 13.2 Å². The molecule has 0 fully saturated rings. The normalized spacial score (nSPS) is 17.5. The Hall–Kier alpha value is -2.35. The fraction of sp³-hybridized carbons (Fsp3) is 0.333. The van der Waals surface area contributed by atoms with Gasteiger partial charge < -0.3 is 0 Å². The van der Waals surface area contributed by atoms with Gasteiger partial charge in [0.25, 0.3) is 5.56 Å². The quantitative estimate of drug-likeness (QED) is 0.697. The molecule has 0 saturated heterocycles. The Labute approximate surface area is 149 Å². The predicted molar refractivity (Wildman–Crippen MR) is 94.2 cm³/mol. The van der Waals surface area contributed by atoms with Crippen molar-refractivity contribution in [1.29, 1.82) is 0 Å². The third-order valence-corrected chi connectivity index (χ3v) is 5.95. The molecule has 2 heterocycles. The number of hydrogen-bond acceptors (Lipinski definition) is 3. The number of nitrogens with zero attached hydrogens (tertiary/aromatic N) is 1. The second-order valence-corrected chi connectivity index (χ2v) is 7.78. The van der Waals surface area contributed by atoms with Gasteiger partial charge in [0.15, 0.2) is 0 Å². The number of alkyl halides is 3. The monoisotopic (exact) mass is 380 g/mol. The number of benzene rings is 1. The fourth-order valence-electron chi connectivity index (χ4n) is 3.48. The molecule has 0 unspecified atom stereocenters. The van der Waals surface area contributed by atoms with Gasteiger partial charge in [-0.05, 0) is 48.9 Å². The van der Waals surface area contributed by atoms with Gasteiger partial charge in [0.05, 0.1) is 16.6 Å². The van der Waals surface area contributed by atoms with Crippen molar-refractivity contribution < 1.29 is 13.2 Å². The van der Waals surface area contributed by atoms with E-state index >= 15 is 0 Å². The Bertz CT molecular complexity index is 1120. The summed E-state index contributed by atoms with van der Waals surface area (Å²) in [4.78, 5) is 29.7. The molecule has 1 aliphatic rings. The van der Waals surface area contributed by atoms with Crippen LogP contribution in [0.25, 0.3) is 15.9 Å². The number of aryl methyl sites for hydroxylation is 1. The number of rotatable bonds is 1. The van der Waals surface area contributed by atoms with Crippen LogP contribution in [-0.2, 0) is 19.0 Å². The van der Waals surface area contributed by atoms with Gasteiger partial charge in [-0.1, -0.05) is 13.0 Å². The van der Waals surface area contributed by atoms with Gasteiger partial charge >= 0.3 is 11.9 Å². The highest BCUT2D eigenvalue weighted by molar-refractivity contribution is 7.18. The van der Waals surface area contributed by atoms with Crippen molar-refractivity contribution in [2.45, 2.75) is 32.4 Å². The van der Waals surface area contributed by atoms with Gasteiger partial charge in [-0.15, -0.1) is 11.3 Å². The molecule has 136 valence electrons. The summed E-state index contributed by atoms with van der Waals surface area (Å²) >= 11 is 1.39. The van der Waals surface area contributed by atoms with Crippen LogP contribution in [0.5, 0.6) is 0 Å². The largest absolute Gasteiger partial charge is 0.416 e.